The van der Waals surface area contributed by atoms with Gasteiger partial charge in [0, 0.05) is 32.5 Å². The van der Waals surface area contributed by atoms with Crippen LogP contribution in [0.1, 0.15) is 5.56 Å². The van der Waals surface area contributed by atoms with E-state index in [0.29, 0.717) is 0 Å². The van der Waals surface area contributed by atoms with Gasteiger partial charge in [0.2, 0.25) is 0 Å². The monoisotopic (exact) mass is 621 g/mol. The van der Waals surface area contributed by atoms with Gasteiger partial charge in [-0.05, 0) is 107 Å². The van der Waals surface area contributed by atoms with E-state index >= 15 is 0 Å². The molecule has 2 nitrogen and oxygen atoms in total. The fourth-order valence-corrected chi connectivity index (χ4v) is 7.81. The Labute approximate surface area is 278 Å². The maximum atomic E-state index is 6.54. The Kier molecular flexibility index (Phi) is 6.55. The van der Waals surface area contributed by atoms with Crippen LogP contribution < -0.4 is 4.74 Å². The average Bonchev–Trinajstić information content (AvgIpc) is 3.36. The second kappa shape index (κ2) is 11.1. The number of thioether (sulfide) groups is 1. The molecule has 1 aromatic heterocycles. The summed E-state index contributed by atoms with van der Waals surface area (Å²) in [5.41, 5.74) is 14.3. The average molecular weight is 622 g/mol. The quantitative estimate of drug-likeness (QED) is 0.182. The summed E-state index contributed by atoms with van der Waals surface area (Å²) in [4.78, 5) is 1.28. The molecule has 0 N–H and O–H groups in total. The van der Waals surface area contributed by atoms with Crippen molar-refractivity contribution in [3.63, 3.8) is 0 Å². The van der Waals surface area contributed by atoms with E-state index in [1.807, 2.05) is 17.8 Å². The summed E-state index contributed by atoms with van der Waals surface area (Å²) in [7, 11) is 0. The lowest BCUT2D eigenvalue weighted by Crippen LogP contribution is -1.94. The van der Waals surface area contributed by atoms with Crippen molar-refractivity contribution in [3.8, 4) is 61.7 Å². The zero-order chi connectivity index (χ0) is 31.5. The lowest BCUT2D eigenvalue weighted by Gasteiger charge is -2.13. The number of para-hydroxylation sites is 2. The molecule has 0 saturated heterocycles. The van der Waals surface area contributed by atoms with E-state index in [0.717, 1.165) is 33.9 Å². The molecule has 1 aliphatic heterocycles. The number of nitrogens with zero attached hydrogens (tertiary/aromatic N) is 1. The van der Waals surface area contributed by atoms with Crippen LogP contribution in [-0.4, -0.2) is 10.8 Å². The minimum absolute atomic E-state index is 0.875. The molecule has 0 unspecified atom stereocenters. The highest BCUT2D eigenvalue weighted by Gasteiger charge is 2.22. The van der Waals surface area contributed by atoms with Gasteiger partial charge >= 0.3 is 0 Å². The van der Waals surface area contributed by atoms with Crippen LogP contribution >= 0.6 is 11.8 Å². The minimum Gasteiger partial charge on any atom is -0.456 e. The molecule has 2 heterocycles. The number of aromatic nitrogens is 1. The summed E-state index contributed by atoms with van der Waals surface area (Å²) in [6, 6.07) is 54.7. The molecular formula is C44H31NOS. The van der Waals surface area contributed by atoms with Crippen LogP contribution in [0.5, 0.6) is 11.5 Å². The SMILES string of the molecule is CSc1cc2c(cc1-c1ccccc1C)c1cc(-c3ccc4c(c3)-c3ccccc3-c3ccccc3O4)ccc1n2-c1ccccc1. The normalized spacial score (nSPS) is 11.9. The van der Waals surface area contributed by atoms with Crippen molar-refractivity contribution in [1.29, 1.82) is 0 Å². The summed E-state index contributed by atoms with van der Waals surface area (Å²) in [6.45, 7) is 2.20. The van der Waals surface area contributed by atoms with Gasteiger partial charge in [-0.25, -0.2) is 0 Å². The Morgan fingerprint density at radius 2 is 1.09 bits per heavy atom. The molecule has 9 rings (SSSR count). The van der Waals surface area contributed by atoms with Crippen LogP contribution in [0, 0.1) is 6.92 Å². The Morgan fingerprint density at radius 1 is 0.468 bits per heavy atom. The van der Waals surface area contributed by atoms with E-state index in [1.54, 1.807) is 0 Å². The van der Waals surface area contributed by atoms with Crippen LogP contribution in [0.25, 0.3) is 72.0 Å². The first kappa shape index (κ1) is 27.8. The molecule has 0 amide bonds. The highest BCUT2D eigenvalue weighted by atomic mass is 32.2. The predicted molar refractivity (Wildman–Crippen MR) is 199 cm³/mol. The zero-order valence-electron chi connectivity index (χ0n) is 26.2. The minimum atomic E-state index is 0.875. The number of rotatable bonds is 4. The molecule has 0 bridgehead atoms. The third kappa shape index (κ3) is 4.50. The van der Waals surface area contributed by atoms with Crippen LogP contribution in [0.15, 0.2) is 157 Å². The first-order chi connectivity index (χ1) is 23.2. The Morgan fingerprint density at radius 3 is 1.87 bits per heavy atom. The summed E-state index contributed by atoms with van der Waals surface area (Å²) in [5, 5.41) is 2.49. The van der Waals surface area contributed by atoms with E-state index in [1.165, 1.54) is 60.1 Å². The molecule has 8 aromatic rings. The Bertz CT molecular complexity index is 2490. The third-order valence-electron chi connectivity index (χ3n) is 9.46. The van der Waals surface area contributed by atoms with Gasteiger partial charge in [0.05, 0.1) is 11.0 Å². The molecule has 0 saturated carbocycles. The van der Waals surface area contributed by atoms with Crippen molar-refractivity contribution in [2.75, 3.05) is 6.26 Å². The Hall–Kier alpha value is -5.51. The van der Waals surface area contributed by atoms with E-state index in [9.17, 15) is 0 Å². The van der Waals surface area contributed by atoms with Crippen LogP contribution in [0.4, 0.5) is 0 Å². The van der Waals surface area contributed by atoms with Crippen molar-refractivity contribution < 1.29 is 4.74 Å². The second-order valence-electron chi connectivity index (χ2n) is 12.1. The zero-order valence-corrected chi connectivity index (χ0v) is 27.0. The topological polar surface area (TPSA) is 14.2 Å². The molecular weight excluding hydrogens is 591 g/mol. The summed E-state index contributed by atoms with van der Waals surface area (Å²) < 4.78 is 8.95. The van der Waals surface area contributed by atoms with Gasteiger partial charge in [-0.1, -0.05) is 97.1 Å². The standard InChI is InChI=1S/C44H31NOS/c1-28-12-6-7-15-32(28)39-26-37-36-24-29(20-22-40(36)45(31-13-4-3-5-14-31)41(37)27-44(39)47-2)30-21-23-43-38(25-30)34-17-9-8-16-33(34)35-18-10-11-19-42(35)46-43/h3-27H,1-2H3. The fraction of sp³-hybridized carbons (Fsp3) is 0.0455. The maximum Gasteiger partial charge on any atom is 0.135 e. The lowest BCUT2D eigenvalue weighted by atomic mass is 9.92. The molecule has 0 fully saturated rings. The molecule has 0 atom stereocenters. The van der Waals surface area contributed by atoms with Gasteiger partial charge in [-0.15, -0.1) is 11.8 Å². The molecule has 3 heteroatoms. The number of hydrogen-bond donors (Lipinski definition) is 0. The number of benzene rings is 7. The van der Waals surface area contributed by atoms with Crippen LogP contribution in [0.2, 0.25) is 0 Å². The summed E-state index contributed by atoms with van der Waals surface area (Å²) in [5.74, 6) is 1.76. The van der Waals surface area contributed by atoms with Gasteiger partial charge in [0.15, 0.2) is 0 Å². The van der Waals surface area contributed by atoms with Gasteiger partial charge in [-0.3, -0.25) is 0 Å². The van der Waals surface area contributed by atoms with Crippen molar-refractivity contribution in [1.82, 2.24) is 4.57 Å². The van der Waals surface area contributed by atoms with Crippen molar-refractivity contribution in [2.45, 2.75) is 11.8 Å². The van der Waals surface area contributed by atoms with E-state index < -0.39 is 0 Å². The van der Waals surface area contributed by atoms with Crippen molar-refractivity contribution in [2.24, 2.45) is 0 Å². The second-order valence-corrected chi connectivity index (χ2v) is 13.0. The van der Waals surface area contributed by atoms with Gasteiger partial charge < -0.3 is 9.30 Å². The molecule has 0 radical (unpaired) electrons. The smallest absolute Gasteiger partial charge is 0.135 e. The predicted octanol–water partition coefficient (Wildman–Crippen LogP) is 12.6. The molecule has 1 aliphatic rings. The first-order valence-corrected chi connectivity index (χ1v) is 17.2. The Balaban J connectivity index is 1.28. The van der Waals surface area contributed by atoms with Crippen molar-refractivity contribution >= 4 is 33.6 Å². The van der Waals surface area contributed by atoms with Crippen LogP contribution in [0.3, 0.4) is 0 Å². The first-order valence-electron chi connectivity index (χ1n) is 16.0. The number of fused-ring (bicyclic) bond motifs is 8. The lowest BCUT2D eigenvalue weighted by molar-refractivity contribution is 0.488. The van der Waals surface area contributed by atoms with E-state index in [4.69, 9.17) is 4.74 Å². The maximum absolute atomic E-state index is 6.54. The molecule has 0 aliphatic carbocycles. The number of hydrogen-bond acceptors (Lipinski definition) is 2. The fourth-order valence-electron chi connectivity index (χ4n) is 7.19. The van der Waals surface area contributed by atoms with Crippen LogP contribution in [-0.2, 0) is 0 Å². The molecule has 0 spiro atoms. The third-order valence-corrected chi connectivity index (χ3v) is 10.2. The molecule has 47 heavy (non-hydrogen) atoms. The summed E-state index contributed by atoms with van der Waals surface area (Å²) in [6.07, 6.45) is 2.18. The number of aryl methyl sites for hydroxylation is 1. The summed E-state index contributed by atoms with van der Waals surface area (Å²) >= 11 is 1.81. The molecule has 224 valence electrons. The largest absolute Gasteiger partial charge is 0.456 e. The van der Waals surface area contributed by atoms with Crippen molar-refractivity contribution in [3.05, 3.63) is 157 Å². The van der Waals surface area contributed by atoms with Gasteiger partial charge in [-0.2, -0.15) is 0 Å². The van der Waals surface area contributed by atoms with E-state index in [2.05, 4.69) is 163 Å². The van der Waals surface area contributed by atoms with Gasteiger partial charge in [0.1, 0.15) is 11.5 Å². The highest BCUT2D eigenvalue weighted by molar-refractivity contribution is 7.98. The van der Waals surface area contributed by atoms with Gasteiger partial charge in [0.25, 0.3) is 0 Å². The van der Waals surface area contributed by atoms with E-state index in [-0.39, 0.29) is 0 Å². The number of ether oxygens (including phenoxy) is 1. The molecule has 7 aromatic carbocycles. The highest BCUT2D eigenvalue weighted by Crippen LogP contribution is 2.48.